The number of hydrogen-bond acceptors (Lipinski definition) is 10. The molecule has 0 bridgehead atoms. The van der Waals surface area contributed by atoms with Crippen LogP contribution in [0.4, 0.5) is 5.13 Å². The van der Waals surface area contributed by atoms with Gasteiger partial charge in [0.05, 0.1) is 12.8 Å². The van der Waals surface area contributed by atoms with Crippen LogP contribution in [0, 0.1) is 0 Å². The number of amides is 3. The Balaban J connectivity index is 1.86. The molecule has 1 aliphatic rings. The highest BCUT2D eigenvalue weighted by molar-refractivity contribution is 7.84. The van der Waals surface area contributed by atoms with Gasteiger partial charge in [-0.25, -0.2) is 9.78 Å². The Morgan fingerprint density at radius 2 is 1.94 bits per heavy atom. The van der Waals surface area contributed by atoms with E-state index in [1.165, 1.54) is 17.5 Å². The minimum Gasteiger partial charge on any atom is -0.467 e. The van der Waals surface area contributed by atoms with Crippen molar-refractivity contribution in [1.29, 1.82) is 0 Å². The molecule has 13 nitrogen and oxygen atoms in total. The zero-order valence-corrected chi connectivity index (χ0v) is 17.9. The summed E-state index contributed by atoms with van der Waals surface area (Å²) in [5.41, 5.74) is 5.90. The molecule has 2 heterocycles. The molecule has 3 rings (SSSR count). The summed E-state index contributed by atoms with van der Waals surface area (Å²) in [6, 6.07) is 3.02. The topological polar surface area (TPSA) is 198 Å². The van der Waals surface area contributed by atoms with E-state index in [0.29, 0.717) is 0 Å². The first-order chi connectivity index (χ1) is 15.0. The van der Waals surface area contributed by atoms with Crippen molar-refractivity contribution in [2.75, 3.05) is 12.8 Å². The summed E-state index contributed by atoms with van der Waals surface area (Å²) in [6.07, 6.45) is 0. The lowest BCUT2D eigenvalue weighted by atomic mass is 9.98. The fraction of sp³-hybridized carbons (Fsp3) is 0.235. The lowest BCUT2D eigenvalue weighted by molar-refractivity contribution is -0.162. The van der Waals surface area contributed by atoms with E-state index in [-0.39, 0.29) is 20.7 Å². The van der Waals surface area contributed by atoms with E-state index in [1.807, 2.05) is 0 Å². The van der Waals surface area contributed by atoms with Crippen LogP contribution >= 0.6 is 11.3 Å². The van der Waals surface area contributed by atoms with Gasteiger partial charge in [0.15, 0.2) is 17.2 Å². The molecule has 0 aliphatic carbocycles. The zero-order valence-electron chi connectivity index (χ0n) is 16.3. The molecule has 1 fully saturated rings. The van der Waals surface area contributed by atoms with Crippen molar-refractivity contribution >= 4 is 50.5 Å². The second-order valence-electron chi connectivity index (χ2n) is 6.45. The Labute approximate surface area is 185 Å². The molecule has 5 N–H and O–H groups in total. The third-order valence-corrected chi connectivity index (χ3v) is 6.05. The SMILES string of the molecule is COC(=O)[C@H]1[C@@H](NC(=O)C(NC(=O)c2ccccc2)c2csc(N)n2)C(=O)N1S(=O)(=O)O. The molecule has 1 aromatic carbocycles. The minimum atomic E-state index is -5.08. The molecule has 0 saturated carbocycles. The minimum absolute atomic E-state index is 0.0577. The standard InChI is InChI=1S/C17H17N5O8S2/c1-30-16(26)12-11(15(25)22(12)32(27,28)29)21-14(24)10(9-7-31-17(18)19-9)20-13(23)8-5-3-2-4-6-8/h2-7,10-12H,1H3,(H2,18,19)(H,20,23)(H,21,24)(H,27,28,29)/t10?,11-,12-/m1/s1. The van der Waals surface area contributed by atoms with Crippen LogP contribution in [0.3, 0.4) is 0 Å². The molecule has 1 aliphatic heterocycles. The van der Waals surface area contributed by atoms with Gasteiger partial charge in [-0.2, -0.15) is 12.7 Å². The second kappa shape index (κ2) is 8.89. The summed E-state index contributed by atoms with van der Waals surface area (Å²) in [4.78, 5) is 53.7. The molecule has 2 aromatic rings. The molecule has 1 unspecified atom stereocenters. The number of nitrogens with one attached hydrogen (secondary N) is 2. The third kappa shape index (κ3) is 4.53. The summed E-state index contributed by atoms with van der Waals surface area (Å²) < 4.78 is 36.3. The van der Waals surface area contributed by atoms with Crippen molar-refractivity contribution in [1.82, 2.24) is 19.9 Å². The van der Waals surface area contributed by atoms with Crippen molar-refractivity contribution in [3.8, 4) is 0 Å². The number of aromatic nitrogens is 1. The van der Waals surface area contributed by atoms with Gasteiger partial charge in [0.2, 0.25) is 5.91 Å². The smallest absolute Gasteiger partial charge is 0.363 e. The Kier molecular flexibility index (Phi) is 6.42. The summed E-state index contributed by atoms with van der Waals surface area (Å²) in [5.74, 6) is -4.05. The fourth-order valence-corrected chi connectivity index (χ4v) is 4.38. The highest BCUT2D eigenvalue weighted by Gasteiger charge is 2.58. The van der Waals surface area contributed by atoms with Crippen LogP contribution in [0.5, 0.6) is 0 Å². The molecular weight excluding hydrogens is 466 g/mol. The van der Waals surface area contributed by atoms with Crippen LogP contribution in [-0.2, 0) is 29.4 Å². The van der Waals surface area contributed by atoms with Gasteiger partial charge in [0.25, 0.3) is 11.8 Å². The normalized spacial score (nSPS) is 18.9. The van der Waals surface area contributed by atoms with Crippen LogP contribution in [0.1, 0.15) is 22.1 Å². The third-order valence-electron chi connectivity index (χ3n) is 4.45. The van der Waals surface area contributed by atoms with Crippen molar-refractivity contribution in [3.63, 3.8) is 0 Å². The van der Waals surface area contributed by atoms with Crippen LogP contribution < -0.4 is 16.4 Å². The lowest BCUT2D eigenvalue weighted by Gasteiger charge is -2.42. The number of methoxy groups -OCH3 is 1. The predicted molar refractivity (Wildman–Crippen MR) is 109 cm³/mol. The molecule has 0 radical (unpaired) electrons. The van der Waals surface area contributed by atoms with Gasteiger partial charge in [0.1, 0.15) is 6.04 Å². The van der Waals surface area contributed by atoms with Crippen LogP contribution in [0.15, 0.2) is 35.7 Å². The fourth-order valence-electron chi connectivity index (χ4n) is 2.96. The van der Waals surface area contributed by atoms with Gasteiger partial charge in [-0.15, -0.1) is 11.3 Å². The van der Waals surface area contributed by atoms with Gasteiger partial charge in [-0.1, -0.05) is 18.2 Å². The van der Waals surface area contributed by atoms with E-state index in [1.54, 1.807) is 18.2 Å². The van der Waals surface area contributed by atoms with E-state index in [2.05, 4.69) is 20.4 Å². The predicted octanol–water partition coefficient (Wildman–Crippen LogP) is -1.13. The van der Waals surface area contributed by atoms with Crippen LogP contribution in [0.2, 0.25) is 0 Å². The Bertz CT molecular complexity index is 1170. The van der Waals surface area contributed by atoms with Gasteiger partial charge in [-0.3, -0.25) is 18.9 Å². The van der Waals surface area contributed by atoms with Crippen molar-refractivity contribution < 1.29 is 36.9 Å². The van der Waals surface area contributed by atoms with Gasteiger partial charge < -0.3 is 21.1 Å². The van der Waals surface area contributed by atoms with Crippen LogP contribution in [-0.4, -0.2) is 65.1 Å². The second-order valence-corrected chi connectivity index (χ2v) is 8.63. The van der Waals surface area contributed by atoms with Crippen molar-refractivity contribution in [2.45, 2.75) is 18.1 Å². The molecule has 32 heavy (non-hydrogen) atoms. The summed E-state index contributed by atoms with van der Waals surface area (Å²) in [6.45, 7) is 0. The number of benzene rings is 1. The molecule has 0 spiro atoms. The number of esters is 1. The van der Waals surface area contributed by atoms with Gasteiger partial charge in [0, 0.05) is 10.9 Å². The Morgan fingerprint density at radius 1 is 1.28 bits per heavy atom. The monoisotopic (exact) mass is 483 g/mol. The number of carbonyl (C=O) groups is 4. The number of ether oxygens (including phenoxy) is 1. The summed E-state index contributed by atoms with van der Waals surface area (Å²) >= 11 is 0.999. The number of nitrogen functional groups attached to an aromatic ring is 1. The van der Waals surface area contributed by atoms with E-state index in [4.69, 9.17) is 5.73 Å². The first-order valence-corrected chi connectivity index (χ1v) is 11.1. The number of nitrogens with zero attached hydrogens (tertiary/aromatic N) is 2. The number of rotatable bonds is 7. The highest BCUT2D eigenvalue weighted by Crippen LogP contribution is 2.26. The first-order valence-electron chi connectivity index (χ1n) is 8.80. The number of hydrogen-bond donors (Lipinski definition) is 4. The lowest BCUT2D eigenvalue weighted by Crippen LogP contribution is -2.75. The van der Waals surface area contributed by atoms with Gasteiger partial charge >= 0.3 is 16.3 Å². The number of anilines is 1. The Hall–Kier alpha value is -3.56. The Morgan fingerprint density at radius 3 is 2.47 bits per heavy atom. The molecule has 1 saturated heterocycles. The molecule has 15 heteroatoms. The molecule has 1 aromatic heterocycles. The van der Waals surface area contributed by atoms with Gasteiger partial charge in [-0.05, 0) is 12.1 Å². The highest BCUT2D eigenvalue weighted by atomic mass is 32.2. The van der Waals surface area contributed by atoms with Crippen LogP contribution in [0.25, 0.3) is 0 Å². The van der Waals surface area contributed by atoms with E-state index >= 15 is 0 Å². The molecule has 3 amide bonds. The van der Waals surface area contributed by atoms with E-state index in [0.717, 1.165) is 18.4 Å². The first kappa shape index (κ1) is 23.1. The zero-order chi connectivity index (χ0) is 23.6. The maximum absolute atomic E-state index is 12.9. The maximum atomic E-state index is 12.9. The average Bonchev–Trinajstić information content (AvgIpc) is 3.18. The number of β-lactam (4-membered cyclic amide) rings is 1. The van der Waals surface area contributed by atoms with E-state index < -0.39 is 52.1 Å². The van der Waals surface area contributed by atoms with Crippen molar-refractivity contribution in [2.24, 2.45) is 0 Å². The maximum Gasteiger partial charge on any atom is 0.363 e. The largest absolute Gasteiger partial charge is 0.467 e. The molecule has 170 valence electrons. The number of carbonyl (C=O) groups excluding carboxylic acids is 4. The molecular formula is C17H17N5O8S2. The van der Waals surface area contributed by atoms with Crippen molar-refractivity contribution in [3.05, 3.63) is 47.0 Å². The quantitative estimate of drug-likeness (QED) is 0.212. The average molecular weight is 483 g/mol. The summed E-state index contributed by atoms with van der Waals surface area (Å²) in [5, 5.41) is 6.18. The molecule has 3 atom stereocenters. The summed E-state index contributed by atoms with van der Waals surface area (Å²) in [7, 11) is -4.14. The van der Waals surface area contributed by atoms with E-state index in [9.17, 15) is 32.1 Å². The number of thiazole rings is 1. The number of nitrogens with two attached hydrogens (primary N) is 1.